The molecule has 1 fully saturated rings. The fourth-order valence-corrected chi connectivity index (χ4v) is 2.67. The third-order valence-electron chi connectivity index (χ3n) is 4.30. The second-order valence-corrected chi connectivity index (χ2v) is 5.94. The summed E-state index contributed by atoms with van der Waals surface area (Å²) in [7, 11) is 0. The van der Waals surface area contributed by atoms with Gasteiger partial charge in [0.1, 0.15) is 6.61 Å². The molecule has 0 aliphatic heterocycles. The Morgan fingerprint density at radius 3 is 2.62 bits per heavy atom. The van der Waals surface area contributed by atoms with Gasteiger partial charge in [-0.1, -0.05) is 13.8 Å². The number of carbonyl (C=O) groups excluding carboxylic acids is 1. The molecule has 3 unspecified atom stereocenters. The van der Waals surface area contributed by atoms with Crippen molar-refractivity contribution >= 4 is 11.6 Å². The molecule has 21 heavy (non-hydrogen) atoms. The Labute approximate surface area is 126 Å². The molecule has 0 aromatic heterocycles. The number of amides is 1. The monoisotopic (exact) mass is 286 g/mol. The highest BCUT2D eigenvalue weighted by molar-refractivity contribution is 5.91. The second kappa shape index (κ2) is 7.24. The molecule has 4 heteroatoms. The quantitative estimate of drug-likeness (QED) is 0.923. The lowest BCUT2D eigenvalue weighted by atomic mass is 9.80. The molecule has 112 valence electrons. The third-order valence-corrected chi connectivity index (χ3v) is 4.30. The molecule has 2 rings (SSSR count). The van der Waals surface area contributed by atoms with Gasteiger partial charge in [-0.15, -0.1) is 0 Å². The van der Waals surface area contributed by atoms with Crippen molar-refractivity contribution in [2.45, 2.75) is 39.2 Å². The highest BCUT2D eigenvalue weighted by atomic mass is 16.5. The van der Waals surface area contributed by atoms with Crippen molar-refractivity contribution in [3.63, 3.8) is 0 Å². The van der Waals surface area contributed by atoms with Crippen LogP contribution < -0.4 is 5.32 Å². The van der Waals surface area contributed by atoms with Crippen molar-refractivity contribution < 1.29 is 9.53 Å². The number of anilines is 1. The summed E-state index contributed by atoms with van der Waals surface area (Å²) in [6.45, 7) is 4.61. The normalized spacial score (nSPS) is 25.1. The highest BCUT2D eigenvalue weighted by Gasteiger charge is 2.25. The molecule has 1 saturated carbocycles. The maximum absolute atomic E-state index is 11.9. The average molecular weight is 286 g/mol. The Hall–Kier alpha value is -1.86. The van der Waals surface area contributed by atoms with E-state index < -0.39 is 0 Å². The molecule has 0 bridgehead atoms. The molecule has 0 heterocycles. The molecule has 0 spiro atoms. The zero-order chi connectivity index (χ0) is 15.2. The summed E-state index contributed by atoms with van der Waals surface area (Å²) in [4.78, 5) is 11.9. The van der Waals surface area contributed by atoms with Gasteiger partial charge in [0, 0.05) is 5.69 Å². The number of hydrogen-bond donors (Lipinski definition) is 1. The number of nitriles is 1. The number of rotatable bonds is 4. The Bertz CT molecular complexity index is 519. The van der Waals surface area contributed by atoms with E-state index >= 15 is 0 Å². The van der Waals surface area contributed by atoms with Gasteiger partial charge in [0.15, 0.2) is 0 Å². The minimum atomic E-state index is -0.147. The standard InChI is InChI=1S/C17H22N2O2/c1-12-3-8-16(9-13(12)2)21-11-17(20)19-15-6-4-14(10-18)5-7-15/h4-7,12-13,16H,3,8-9,11H2,1-2H3,(H,19,20). The van der Waals surface area contributed by atoms with Crippen LogP contribution >= 0.6 is 0 Å². The van der Waals surface area contributed by atoms with Crippen LogP contribution in [0.2, 0.25) is 0 Å². The van der Waals surface area contributed by atoms with E-state index in [-0.39, 0.29) is 18.6 Å². The first kappa shape index (κ1) is 15.5. The molecular weight excluding hydrogens is 264 g/mol. The van der Waals surface area contributed by atoms with Crippen molar-refractivity contribution in [1.82, 2.24) is 0 Å². The van der Waals surface area contributed by atoms with Crippen LogP contribution in [0.3, 0.4) is 0 Å². The van der Waals surface area contributed by atoms with Gasteiger partial charge < -0.3 is 10.1 Å². The first-order chi connectivity index (χ1) is 10.1. The van der Waals surface area contributed by atoms with Gasteiger partial charge in [-0.25, -0.2) is 0 Å². The molecule has 0 saturated heterocycles. The summed E-state index contributed by atoms with van der Waals surface area (Å²) >= 11 is 0. The van der Waals surface area contributed by atoms with Crippen LogP contribution in [0, 0.1) is 23.2 Å². The van der Waals surface area contributed by atoms with Crippen LogP contribution in [0.4, 0.5) is 5.69 Å². The van der Waals surface area contributed by atoms with Crippen molar-refractivity contribution in [3.8, 4) is 6.07 Å². The summed E-state index contributed by atoms with van der Waals surface area (Å²) in [5.41, 5.74) is 1.27. The maximum atomic E-state index is 11.9. The molecule has 1 aliphatic rings. The SMILES string of the molecule is CC1CCC(OCC(=O)Nc2ccc(C#N)cc2)CC1C. The molecule has 1 aromatic rings. The Morgan fingerprint density at radius 1 is 1.29 bits per heavy atom. The molecule has 4 nitrogen and oxygen atoms in total. The van der Waals surface area contributed by atoms with Crippen LogP contribution in [0.5, 0.6) is 0 Å². The average Bonchev–Trinajstić information content (AvgIpc) is 2.49. The number of nitrogens with one attached hydrogen (secondary N) is 1. The van der Waals surface area contributed by atoms with E-state index in [1.807, 2.05) is 6.07 Å². The van der Waals surface area contributed by atoms with Crippen LogP contribution in [0.25, 0.3) is 0 Å². The molecule has 1 N–H and O–H groups in total. The van der Waals surface area contributed by atoms with Crippen molar-refractivity contribution in [1.29, 1.82) is 5.26 Å². The predicted octanol–water partition coefficient (Wildman–Crippen LogP) is 3.34. The second-order valence-electron chi connectivity index (χ2n) is 5.94. The van der Waals surface area contributed by atoms with E-state index in [1.54, 1.807) is 24.3 Å². The van der Waals surface area contributed by atoms with Crippen LogP contribution in [0.15, 0.2) is 24.3 Å². The van der Waals surface area contributed by atoms with E-state index in [2.05, 4.69) is 19.2 Å². The number of benzene rings is 1. The van der Waals surface area contributed by atoms with E-state index in [0.29, 0.717) is 17.2 Å². The number of ether oxygens (including phenoxy) is 1. The lowest BCUT2D eigenvalue weighted by molar-refractivity contribution is -0.123. The fourth-order valence-electron chi connectivity index (χ4n) is 2.67. The van der Waals surface area contributed by atoms with Crippen LogP contribution in [0.1, 0.15) is 38.7 Å². The molecule has 1 aliphatic carbocycles. The maximum Gasteiger partial charge on any atom is 0.250 e. The van der Waals surface area contributed by atoms with Gasteiger partial charge in [-0.2, -0.15) is 5.26 Å². The van der Waals surface area contributed by atoms with E-state index in [0.717, 1.165) is 18.8 Å². The molecule has 0 radical (unpaired) electrons. The van der Waals surface area contributed by atoms with Gasteiger partial charge >= 0.3 is 0 Å². The number of nitrogens with zero attached hydrogens (tertiary/aromatic N) is 1. The molecule has 1 aromatic carbocycles. The summed E-state index contributed by atoms with van der Waals surface area (Å²) in [6.07, 6.45) is 3.44. The molecule has 3 atom stereocenters. The summed E-state index contributed by atoms with van der Waals surface area (Å²) in [5.74, 6) is 1.26. The fraction of sp³-hybridized carbons (Fsp3) is 0.529. The minimum Gasteiger partial charge on any atom is -0.368 e. The summed E-state index contributed by atoms with van der Waals surface area (Å²) in [6, 6.07) is 8.85. The van der Waals surface area contributed by atoms with Gasteiger partial charge in [0.25, 0.3) is 0 Å². The van der Waals surface area contributed by atoms with Gasteiger partial charge in [-0.05, 0) is 55.4 Å². The lowest BCUT2D eigenvalue weighted by Gasteiger charge is -2.31. The summed E-state index contributed by atoms with van der Waals surface area (Å²) in [5, 5.41) is 11.5. The zero-order valence-electron chi connectivity index (χ0n) is 12.6. The van der Waals surface area contributed by atoms with Crippen molar-refractivity contribution in [2.75, 3.05) is 11.9 Å². The largest absolute Gasteiger partial charge is 0.368 e. The topological polar surface area (TPSA) is 62.1 Å². The Balaban J connectivity index is 1.76. The first-order valence-corrected chi connectivity index (χ1v) is 7.50. The van der Waals surface area contributed by atoms with E-state index in [1.165, 1.54) is 6.42 Å². The van der Waals surface area contributed by atoms with Crippen LogP contribution in [-0.2, 0) is 9.53 Å². The van der Waals surface area contributed by atoms with Gasteiger partial charge in [0.2, 0.25) is 5.91 Å². The first-order valence-electron chi connectivity index (χ1n) is 7.50. The summed E-state index contributed by atoms with van der Waals surface area (Å²) < 4.78 is 5.72. The predicted molar refractivity (Wildman–Crippen MR) is 81.7 cm³/mol. The van der Waals surface area contributed by atoms with Crippen LogP contribution in [-0.4, -0.2) is 18.6 Å². The van der Waals surface area contributed by atoms with Crippen molar-refractivity contribution in [3.05, 3.63) is 29.8 Å². The third kappa shape index (κ3) is 4.57. The number of hydrogen-bond acceptors (Lipinski definition) is 3. The Kier molecular flexibility index (Phi) is 5.35. The Morgan fingerprint density at radius 2 is 2.00 bits per heavy atom. The number of carbonyl (C=O) groups is 1. The zero-order valence-corrected chi connectivity index (χ0v) is 12.6. The van der Waals surface area contributed by atoms with Gasteiger partial charge in [-0.3, -0.25) is 4.79 Å². The van der Waals surface area contributed by atoms with Gasteiger partial charge in [0.05, 0.1) is 17.7 Å². The van der Waals surface area contributed by atoms with E-state index in [4.69, 9.17) is 10.00 Å². The molecule has 1 amide bonds. The molecular formula is C17H22N2O2. The van der Waals surface area contributed by atoms with Crippen molar-refractivity contribution in [2.24, 2.45) is 11.8 Å². The lowest BCUT2D eigenvalue weighted by Crippen LogP contribution is -2.29. The minimum absolute atomic E-state index is 0.0891. The smallest absolute Gasteiger partial charge is 0.250 e. The highest BCUT2D eigenvalue weighted by Crippen LogP contribution is 2.30. The van der Waals surface area contributed by atoms with E-state index in [9.17, 15) is 4.79 Å².